The average molecular weight is 326 g/mol. The normalized spacial score (nSPS) is 10.5. The summed E-state index contributed by atoms with van der Waals surface area (Å²) in [4.78, 5) is 45.4. The number of aromatic nitrogens is 5. The van der Waals surface area contributed by atoms with Gasteiger partial charge < -0.3 is 5.32 Å². The third kappa shape index (κ3) is 3.14. The fourth-order valence-corrected chi connectivity index (χ4v) is 2.20. The first kappa shape index (κ1) is 15.4. The van der Waals surface area contributed by atoms with E-state index in [0.29, 0.717) is 11.5 Å². The van der Waals surface area contributed by atoms with Gasteiger partial charge in [0.25, 0.3) is 5.56 Å². The Morgan fingerprint density at radius 2 is 2.04 bits per heavy atom. The molecule has 0 unspecified atom stereocenters. The molecule has 0 saturated carbocycles. The second-order valence-electron chi connectivity index (χ2n) is 5.01. The summed E-state index contributed by atoms with van der Waals surface area (Å²) in [5.41, 5.74) is -0.669. The van der Waals surface area contributed by atoms with Crippen LogP contribution >= 0.6 is 0 Å². The number of hydrogen-bond acceptors (Lipinski definition) is 5. The summed E-state index contributed by atoms with van der Waals surface area (Å²) in [7, 11) is 0. The van der Waals surface area contributed by atoms with Crippen molar-refractivity contribution in [3.8, 4) is 5.82 Å². The van der Waals surface area contributed by atoms with E-state index in [4.69, 9.17) is 0 Å². The van der Waals surface area contributed by atoms with Crippen LogP contribution in [0.4, 0.5) is 5.69 Å². The quantitative estimate of drug-likeness (QED) is 0.704. The highest BCUT2D eigenvalue weighted by molar-refractivity contribution is 5.92. The van der Waals surface area contributed by atoms with Gasteiger partial charge in [0.2, 0.25) is 5.91 Å². The molecule has 3 aromatic rings. The van der Waals surface area contributed by atoms with E-state index in [0.717, 1.165) is 10.4 Å². The van der Waals surface area contributed by atoms with E-state index in [-0.39, 0.29) is 6.54 Å². The van der Waals surface area contributed by atoms with Crippen LogP contribution in [0.3, 0.4) is 0 Å². The molecular weight excluding hydrogens is 312 g/mol. The van der Waals surface area contributed by atoms with Crippen molar-refractivity contribution in [3.05, 3.63) is 69.6 Å². The largest absolute Gasteiger partial charge is 0.328 e. The standard InChI is InChI=1S/C15H14N6O3/c1-10-16-6-8-21(10)14-11(3-2-5-17-14)18-13(23)9-20-7-4-12(22)19-15(20)24/h2-8H,9H2,1H3,(H,18,23)(H,19,22,24). The lowest BCUT2D eigenvalue weighted by Gasteiger charge is -2.12. The summed E-state index contributed by atoms with van der Waals surface area (Å²) in [6, 6.07) is 4.58. The number of anilines is 1. The van der Waals surface area contributed by atoms with Crippen LogP contribution in [0.25, 0.3) is 5.82 Å². The number of imidazole rings is 1. The molecule has 1 amide bonds. The monoisotopic (exact) mass is 326 g/mol. The van der Waals surface area contributed by atoms with Crippen molar-refractivity contribution in [2.24, 2.45) is 0 Å². The van der Waals surface area contributed by atoms with Gasteiger partial charge in [-0.05, 0) is 19.1 Å². The molecule has 0 atom stereocenters. The highest BCUT2D eigenvalue weighted by Gasteiger charge is 2.12. The number of amides is 1. The smallest absolute Gasteiger partial charge is 0.321 e. The summed E-state index contributed by atoms with van der Waals surface area (Å²) >= 11 is 0. The highest BCUT2D eigenvalue weighted by Crippen LogP contribution is 2.18. The minimum atomic E-state index is -0.644. The van der Waals surface area contributed by atoms with Crippen LogP contribution in [0.15, 0.2) is 52.6 Å². The molecule has 9 nitrogen and oxygen atoms in total. The Hall–Kier alpha value is -3.49. The Morgan fingerprint density at radius 1 is 1.21 bits per heavy atom. The molecule has 9 heteroatoms. The summed E-state index contributed by atoms with van der Waals surface area (Å²) in [5.74, 6) is 0.826. The van der Waals surface area contributed by atoms with Gasteiger partial charge in [0.1, 0.15) is 12.4 Å². The van der Waals surface area contributed by atoms with Crippen molar-refractivity contribution in [3.63, 3.8) is 0 Å². The van der Waals surface area contributed by atoms with Crippen molar-refractivity contribution < 1.29 is 4.79 Å². The molecule has 3 rings (SSSR count). The van der Waals surface area contributed by atoms with Gasteiger partial charge in [0, 0.05) is 30.9 Å². The van der Waals surface area contributed by atoms with Crippen molar-refractivity contribution in [2.45, 2.75) is 13.5 Å². The number of hydrogen-bond donors (Lipinski definition) is 2. The molecule has 0 bridgehead atoms. The van der Waals surface area contributed by atoms with E-state index in [2.05, 4.69) is 20.3 Å². The van der Waals surface area contributed by atoms with Crippen LogP contribution in [-0.2, 0) is 11.3 Å². The number of carbonyl (C=O) groups excluding carboxylic acids is 1. The predicted octanol–water partition coefficient (Wildman–Crippen LogP) is 0.0644. The molecule has 0 aliphatic rings. The first-order valence-corrected chi connectivity index (χ1v) is 7.09. The number of aryl methyl sites for hydroxylation is 1. The van der Waals surface area contributed by atoms with Crippen LogP contribution in [0.1, 0.15) is 5.82 Å². The van der Waals surface area contributed by atoms with Gasteiger partial charge in [-0.2, -0.15) is 0 Å². The van der Waals surface area contributed by atoms with Gasteiger partial charge in [0.05, 0.1) is 5.69 Å². The van der Waals surface area contributed by atoms with Crippen molar-refractivity contribution in [1.82, 2.24) is 24.1 Å². The molecule has 0 aliphatic carbocycles. The molecule has 2 N–H and O–H groups in total. The number of carbonyl (C=O) groups is 1. The maximum absolute atomic E-state index is 12.2. The number of pyridine rings is 1. The molecule has 24 heavy (non-hydrogen) atoms. The zero-order valence-corrected chi connectivity index (χ0v) is 12.8. The maximum Gasteiger partial charge on any atom is 0.328 e. The van der Waals surface area contributed by atoms with Crippen LogP contribution in [0.2, 0.25) is 0 Å². The number of aromatic amines is 1. The van der Waals surface area contributed by atoms with E-state index in [1.165, 1.54) is 12.3 Å². The minimum Gasteiger partial charge on any atom is -0.321 e. The fraction of sp³-hybridized carbons (Fsp3) is 0.133. The fourth-order valence-electron chi connectivity index (χ4n) is 2.20. The highest BCUT2D eigenvalue weighted by atomic mass is 16.2. The van der Waals surface area contributed by atoms with Crippen LogP contribution in [0, 0.1) is 6.92 Å². The topological polar surface area (TPSA) is 115 Å². The maximum atomic E-state index is 12.2. The molecule has 0 aromatic carbocycles. The molecule has 0 saturated heterocycles. The van der Waals surface area contributed by atoms with E-state index >= 15 is 0 Å². The summed E-state index contributed by atoms with van der Waals surface area (Å²) < 4.78 is 2.84. The SMILES string of the molecule is Cc1nccn1-c1ncccc1NC(=O)Cn1ccc(=O)[nH]c1=O. The Bertz CT molecular complexity index is 1000. The molecular formula is C15H14N6O3. The zero-order valence-electron chi connectivity index (χ0n) is 12.8. The second-order valence-corrected chi connectivity index (χ2v) is 5.01. The Morgan fingerprint density at radius 3 is 2.75 bits per heavy atom. The Labute approximate surface area is 135 Å². The van der Waals surface area contributed by atoms with Gasteiger partial charge in [-0.15, -0.1) is 0 Å². The lowest BCUT2D eigenvalue weighted by atomic mass is 10.3. The van der Waals surface area contributed by atoms with E-state index < -0.39 is 17.2 Å². The van der Waals surface area contributed by atoms with Gasteiger partial charge in [-0.25, -0.2) is 14.8 Å². The Kier molecular flexibility index (Phi) is 4.06. The molecule has 0 aliphatic heterocycles. The average Bonchev–Trinajstić information content (AvgIpc) is 2.97. The predicted molar refractivity (Wildman–Crippen MR) is 86.0 cm³/mol. The summed E-state index contributed by atoms with van der Waals surface area (Å²) in [5, 5.41) is 2.71. The Balaban J connectivity index is 1.84. The molecule has 122 valence electrons. The van der Waals surface area contributed by atoms with Crippen molar-refractivity contribution in [2.75, 3.05) is 5.32 Å². The second kappa shape index (κ2) is 6.32. The summed E-state index contributed by atoms with van der Waals surface area (Å²) in [6.07, 6.45) is 6.25. The van der Waals surface area contributed by atoms with Gasteiger partial charge >= 0.3 is 5.69 Å². The van der Waals surface area contributed by atoms with Crippen LogP contribution in [0.5, 0.6) is 0 Å². The van der Waals surface area contributed by atoms with Crippen LogP contribution < -0.4 is 16.6 Å². The van der Waals surface area contributed by atoms with Crippen molar-refractivity contribution in [1.29, 1.82) is 0 Å². The lowest BCUT2D eigenvalue weighted by molar-refractivity contribution is -0.116. The summed E-state index contributed by atoms with van der Waals surface area (Å²) in [6.45, 7) is 1.59. The van der Waals surface area contributed by atoms with Crippen molar-refractivity contribution >= 4 is 11.6 Å². The lowest BCUT2D eigenvalue weighted by Crippen LogP contribution is -2.32. The first-order chi connectivity index (χ1) is 11.5. The molecule has 0 fully saturated rings. The van der Waals surface area contributed by atoms with E-state index in [1.807, 2.05) is 6.92 Å². The van der Waals surface area contributed by atoms with Gasteiger partial charge in [-0.3, -0.25) is 23.7 Å². The van der Waals surface area contributed by atoms with Crippen LogP contribution in [-0.4, -0.2) is 30.0 Å². The number of nitrogens with one attached hydrogen (secondary N) is 2. The van der Waals surface area contributed by atoms with E-state index in [9.17, 15) is 14.4 Å². The third-order valence-electron chi connectivity index (χ3n) is 3.33. The zero-order chi connectivity index (χ0) is 17.1. The number of H-pyrrole nitrogens is 1. The molecule has 0 radical (unpaired) electrons. The third-order valence-corrected chi connectivity index (χ3v) is 3.33. The molecule has 0 spiro atoms. The first-order valence-electron chi connectivity index (χ1n) is 7.09. The minimum absolute atomic E-state index is 0.229. The number of rotatable bonds is 4. The number of nitrogens with zero attached hydrogens (tertiary/aromatic N) is 4. The van der Waals surface area contributed by atoms with Gasteiger partial charge in [0.15, 0.2) is 5.82 Å². The molecule has 3 aromatic heterocycles. The molecule has 3 heterocycles. The van der Waals surface area contributed by atoms with Gasteiger partial charge in [-0.1, -0.05) is 0 Å². The van der Waals surface area contributed by atoms with E-state index in [1.54, 1.807) is 35.3 Å².